The van der Waals surface area contributed by atoms with E-state index in [1.807, 2.05) is 0 Å². The van der Waals surface area contributed by atoms with Gasteiger partial charge in [0.05, 0.1) is 0 Å². The Morgan fingerprint density at radius 3 is 2.61 bits per heavy atom. The third-order valence-electron chi connectivity index (χ3n) is 4.21. The van der Waals surface area contributed by atoms with Gasteiger partial charge in [0.2, 0.25) is 0 Å². The van der Waals surface area contributed by atoms with E-state index in [9.17, 15) is 0 Å². The van der Waals surface area contributed by atoms with E-state index in [1.54, 1.807) is 0 Å². The number of hydrogen-bond donors (Lipinski definition) is 1. The molecular formula is C15H23BrN2. The van der Waals surface area contributed by atoms with Gasteiger partial charge in [0.15, 0.2) is 0 Å². The summed E-state index contributed by atoms with van der Waals surface area (Å²) in [7, 11) is 2.06. The fourth-order valence-corrected chi connectivity index (χ4v) is 3.42. The number of hydrogen-bond acceptors (Lipinski definition) is 2. The second-order valence-electron chi connectivity index (χ2n) is 5.26. The van der Waals surface area contributed by atoms with Gasteiger partial charge in [-0.15, -0.1) is 0 Å². The number of piperidine rings is 1. The Morgan fingerprint density at radius 1 is 1.33 bits per heavy atom. The molecule has 0 spiro atoms. The Hall–Kier alpha value is -0.380. The summed E-state index contributed by atoms with van der Waals surface area (Å²) in [4.78, 5) is 2.55. The second-order valence-corrected chi connectivity index (χ2v) is 6.17. The molecule has 0 amide bonds. The van der Waals surface area contributed by atoms with Crippen LogP contribution in [0.2, 0.25) is 0 Å². The van der Waals surface area contributed by atoms with E-state index in [0.717, 1.165) is 6.54 Å². The summed E-state index contributed by atoms with van der Waals surface area (Å²) in [5.41, 5.74) is 1.78. The number of nitrogens with one attached hydrogen (secondary N) is 1. The van der Waals surface area contributed by atoms with Crippen LogP contribution in [0.3, 0.4) is 0 Å². The molecule has 0 aromatic heterocycles. The lowest BCUT2D eigenvalue weighted by atomic mass is 9.72. The van der Waals surface area contributed by atoms with Crippen LogP contribution >= 0.6 is 15.9 Å². The quantitative estimate of drug-likeness (QED) is 0.919. The lowest BCUT2D eigenvalue weighted by Crippen LogP contribution is -2.47. The smallest absolute Gasteiger partial charge is 0.0178 e. The lowest BCUT2D eigenvalue weighted by Gasteiger charge is -2.42. The molecule has 18 heavy (non-hydrogen) atoms. The van der Waals surface area contributed by atoms with Crippen LogP contribution in [0, 0.1) is 0 Å². The molecule has 1 saturated heterocycles. The molecule has 1 aliphatic rings. The van der Waals surface area contributed by atoms with Crippen molar-refractivity contribution in [2.45, 2.75) is 25.2 Å². The van der Waals surface area contributed by atoms with Gasteiger partial charge in [-0.2, -0.15) is 0 Å². The maximum atomic E-state index is 3.60. The molecule has 0 aliphatic carbocycles. The molecule has 0 radical (unpaired) electrons. The molecule has 0 atom stereocenters. The largest absolute Gasteiger partial charge is 0.319 e. The van der Waals surface area contributed by atoms with Crippen molar-refractivity contribution in [1.82, 2.24) is 10.2 Å². The number of benzene rings is 1. The Balaban J connectivity index is 2.22. The number of rotatable bonds is 4. The van der Waals surface area contributed by atoms with Crippen molar-refractivity contribution in [2.24, 2.45) is 0 Å². The maximum absolute atomic E-state index is 3.60. The zero-order valence-corrected chi connectivity index (χ0v) is 13.0. The van der Waals surface area contributed by atoms with E-state index in [1.165, 1.54) is 42.5 Å². The van der Waals surface area contributed by atoms with Gasteiger partial charge >= 0.3 is 0 Å². The van der Waals surface area contributed by atoms with Gasteiger partial charge in [-0.05, 0) is 57.2 Å². The van der Waals surface area contributed by atoms with Crippen LogP contribution in [-0.4, -0.2) is 38.1 Å². The van der Waals surface area contributed by atoms with Crippen LogP contribution in [0.5, 0.6) is 0 Å². The maximum Gasteiger partial charge on any atom is 0.0178 e. The van der Waals surface area contributed by atoms with Gasteiger partial charge in [-0.3, -0.25) is 0 Å². The summed E-state index contributed by atoms with van der Waals surface area (Å²) >= 11 is 3.60. The summed E-state index contributed by atoms with van der Waals surface area (Å²) in [6.45, 7) is 6.93. The summed E-state index contributed by atoms with van der Waals surface area (Å²) in [6.07, 6.45) is 2.50. The molecule has 100 valence electrons. The van der Waals surface area contributed by atoms with Gasteiger partial charge in [0, 0.05) is 16.4 Å². The zero-order chi connectivity index (χ0) is 13.0. The van der Waals surface area contributed by atoms with Crippen molar-refractivity contribution in [3.8, 4) is 0 Å². The zero-order valence-electron chi connectivity index (χ0n) is 11.4. The van der Waals surface area contributed by atoms with E-state index in [4.69, 9.17) is 0 Å². The van der Waals surface area contributed by atoms with Crippen LogP contribution < -0.4 is 5.32 Å². The molecule has 0 unspecified atom stereocenters. The van der Waals surface area contributed by atoms with Gasteiger partial charge in [0.1, 0.15) is 0 Å². The van der Waals surface area contributed by atoms with Gasteiger partial charge in [0.25, 0.3) is 0 Å². The molecule has 1 heterocycles. The van der Waals surface area contributed by atoms with Crippen LogP contribution in [-0.2, 0) is 5.41 Å². The van der Waals surface area contributed by atoms with Crippen LogP contribution in [0.1, 0.15) is 25.3 Å². The third-order valence-corrected chi connectivity index (χ3v) is 4.71. The summed E-state index contributed by atoms with van der Waals surface area (Å²) in [6, 6.07) is 8.84. The first kappa shape index (κ1) is 14.0. The topological polar surface area (TPSA) is 15.3 Å². The molecule has 3 heteroatoms. The summed E-state index contributed by atoms with van der Waals surface area (Å²) < 4.78 is 1.19. The van der Waals surface area contributed by atoms with Crippen molar-refractivity contribution in [3.05, 3.63) is 34.3 Å². The van der Waals surface area contributed by atoms with Crippen LogP contribution in [0.15, 0.2) is 28.7 Å². The minimum absolute atomic E-state index is 0.310. The highest BCUT2D eigenvalue weighted by molar-refractivity contribution is 9.10. The second kappa shape index (κ2) is 6.18. The Morgan fingerprint density at radius 2 is 2.06 bits per heavy atom. The van der Waals surface area contributed by atoms with Crippen molar-refractivity contribution in [3.63, 3.8) is 0 Å². The number of halogens is 1. The minimum Gasteiger partial charge on any atom is -0.319 e. The molecule has 0 bridgehead atoms. The monoisotopic (exact) mass is 310 g/mol. The molecule has 0 saturated carbocycles. The standard InChI is InChI=1S/C15H23BrN2/c1-3-18-9-7-15(8-10-18,12-17-2)13-5-4-6-14(16)11-13/h4-6,11,17H,3,7-10,12H2,1-2H3. The summed E-state index contributed by atoms with van der Waals surface area (Å²) in [5, 5.41) is 3.40. The molecule has 1 N–H and O–H groups in total. The van der Waals surface area contributed by atoms with E-state index in [0.29, 0.717) is 5.41 Å². The predicted octanol–water partition coefficient (Wildman–Crippen LogP) is 3.02. The molecule has 1 aromatic carbocycles. The fourth-order valence-electron chi connectivity index (χ4n) is 3.02. The highest BCUT2D eigenvalue weighted by Gasteiger charge is 2.35. The Kier molecular flexibility index (Phi) is 4.82. The first-order valence-corrected chi connectivity index (χ1v) is 7.62. The molecule has 2 nitrogen and oxygen atoms in total. The minimum atomic E-state index is 0.310. The third kappa shape index (κ3) is 2.95. The van der Waals surface area contributed by atoms with E-state index >= 15 is 0 Å². The highest BCUT2D eigenvalue weighted by Crippen LogP contribution is 2.36. The average Bonchev–Trinajstić information content (AvgIpc) is 2.40. The molecule has 1 aliphatic heterocycles. The number of nitrogens with zero attached hydrogens (tertiary/aromatic N) is 1. The molecule has 1 aromatic rings. The Labute approximate surface area is 119 Å². The predicted molar refractivity (Wildman–Crippen MR) is 81.1 cm³/mol. The average molecular weight is 311 g/mol. The van der Waals surface area contributed by atoms with Crippen molar-refractivity contribution >= 4 is 15.9 Å². The molecule has 2 rings (SSSR count). The SMILES string of the molecule is CCN1CCC(CNC)(c2cccc(Br)c2)CC1. The first-order valence-electron chi connectivity index (χ1n) is 6.83. The molecular weight excluding hydrogens is 288 g/mol. The lowest BCUT2D eigenvalue weighted by molar-refractivity contribution is 0.164. The number of likely N-dealkylation sites (tertiary alicyclic amines) is 1. The van der Waals surface area contributed by atoms with Crippen LogP contribution in [0.25, 0.3) is 0 Å². The van der Waals surface area contributed by atoms with E-state index in [2.05, 4.69) is 64.4 Å². The van der Waals surface area contributed by atoms with Crippen LogP contribution in [0.4, 0.5) is 0 Å². The molecule has 1 fully saturated rings. The Bertz CT molecular complexity index is 384. The van der Waals surface area contributed by atoms with Gasteiger partial charge in [-0.25, -0.2) is 0 Å². The normalized spacial score (nSPS) is 19.9. The highest BCUT2D eigenvalue weighted by atomic mass is 79.9. The summed E-state index contributed by atoms with van der Waals surface area (Å²) in [5.74, 6) is 0. The van der Waals surface area contributed by atoms with Gasteiger partial charge < -0.3 is 10.2 Å². The van der Waals surface area contributed by atoms with Crippen molar-refractivity contribution < 1.29 is 0 Å². The number of likely N-dealkylation sites (N-methyl/N-ethyl adjacent to an activating group) is 1. The fraction of sp³-hybridized carbons (Fsp3) is 0.600. The van der Waals surface area contributed by atoms with E-state index < -0.39 is 0 Å². The van der Waals surface area contributed by atoms with E-state index in [-0.39, 0.29) is 0 Å². The van der Waals surface area contributed by atoms with Crippen molar-refractivity contribution in [1.29, 1.82) is 0 Å². The van der Waals surface area contributed by atoms with Gasteiger partial charge in [-0.1, -0.05) is 35.0 Å². The first-order chi connectivity index (χ1) is 8.70. The van der Waals surface area contributed by atoms with Crippen molar-refractivity contribution in [2.75, 3.05) is 33.2 Å².